The maximum Gasteiger partial charge on any atom is 0.264 e. The topological polar surface area (TPSA) is 105 Å². The number of nitrogens with zero attached hydrogens (tertiary/aromatic N) is 1. The van der Waals surface area contributed by atoms with Crippen molar-refractivity contribution >= 4 is 33.2 Å². The minimum absolute atomic E-state index is 0.0136. The molecule has 0 radical (unpaired) electrons. The third kappa shape index (κ3) is 6.36. The molecule has 194 valence electrons. The first kappa shape index (κ1) is 26.4. The van der Waals surface area contributed by atoms with Gasteiger partial charge in [0, 0.05) is 13.2 Å². The number of carbonyl (C=O) groups is 2. The zero-order valence-corrected chi connectivity index (χ0v) is 21.8. The third-order valence-electron chi connectivity index (χ3n) is 6.24. The lowest BCUT2D eigenvalue weighted by atomic mass is 10.1. The van der Waals surface area contributed by atoms with Crippen molar-refractivity contribution in [2.75, 3.05) is 29.3 Å². The maximum absolute atomic E-state index is 13.6. The fraction of sp³-hybridized carbons (Fsp3) is 0.286. The number of nitrogens with one attached hydrogen (secondary N) is 2. The highest BCUT2D eigenvalue weighted by Crippen LogP contribution is 2.27. The Bertz CT molecular complexity index is 1370. The largest absolute Gasteiger partial charge is 0.376 e. The highest BCUT2D eigenvalue weighted by Gasteiger charge is 2.28. The molecule has 37 heavy (non-hydrogen) atoms. The number of sulfonamides is 1. The number of rotatable bonds is 9. The summed E-state index contributed by atoms with van der Waals surface area (Å²) in [6, 6.07) is 20.1. The number of benzene rings is 3. The summed E-state index contributed by atoms with van der Waals surface area (Å²) in [5, 5.41) is 5.59. The van der Waals surface area contributed by atoms with Gasteiger partial charge in [-0.05, 0) is 62.6 Å². The van der Waals surface area contributed by atoms with Crippen LogP contribution >= 0.6 is 0 Å². The second-order valence-corrected chi connectivity index (χ2v) is 10.9. The number of hydrogen-bond acceptors (Lipinski definition) is 5. The zero-order valence-electron chi connectivity index (χ0n) is 20.9. The van der Waals surface area contributed by atoms with E-state index in [-0.39, 0.29) is 22.5 Å². The molecule has 1 atom stereocenters. The summed E-state index contributed by atoms with van der Waals surface area (Å²) in [6.07, 6.45) is 1.85. The first-order valence-electron chi connectivity index (χ1n) is 12.2. The van der Waals surface area contributed by atoms with Crippen LogP contribution in [0.15, 0.2) is 77.7 Å². The van der Waals surface area contributed by atoms with E-state index in [2.05, 4.69) is 10.6 Å². The van der Waals surface area contributed by atoms with E-state index in [1.807, 2.05) is 6.92 Å². The van der Waals surface area contributed by atoms with Gasteiger partial charge in [0.1, 0.15) is 6.54 Å². The van der Waals surface area contributed by atoms with Gasteiger partial charge in [-0.2, -0.15) is 0 Å². The van der Waals surface area contributed by atoms with Crippen LogP contribution in [0, 0.1) is 13.8 Å². The summed E-state index contributed by atoms with van der Waals surface area (Å²) in [6.45, 7) is 4.27. The van der Waals surface area contributed by atoms with Gasteiger partial charge in [-0.25, -0.2) is 8.42 Å². The summed E-state index contributed by atoms with van der Waals surface area (Å²) in [5.41, 5.74) is 2.63. The molecule has 1 fully saturated rings. The fourth-order valence-electron chi connectivity index (χ4n) is 4.20. The molecule has 2 N–H and O–H groups in total. The van der Waals surface area contributed by atoms with Crippen LogP contribution in [-0.2, 0) is 19.6 Å². The van der Waals surface area contributed by atoms with E-state index >= 15 is 0 Å². The zero-order chi connectivity index (χ0) is 26.4. The average Bonchev–Trinajstić information content (AvgIpc) is 3.41. The average molecular weight is 522 g/mol. The van der Waals surface area contributed by atoms with Crippen molar-refractivity contribution < 1.29 is 22.7 Å². The number of amides is 2. The minimum Gasteiger partial charge on any atom is -0.376 e. The smallest absolute Gasteiger partial charge is 0.264 e. The van der Waals surface area contributed by atoms with E-state index in [4.69, 9.17) is 4.74 Å². The summed E-state index contributed by atoms with van der Waals surface area (Å²) in [7, 11) is -4.05. The minimum atomic E-state index is -4.05. The van der Waals surface area contributed by atoms with Crippen molar-refractivity contribution in [3.05, 3.63) is 89.5 Å². The number of para-hydroxylation sites is 2. The standard InChI is InChI=1S/C28H31N3O5S/c1-20-13-15-23(16-14-20)37(34,35)31(26-12-6-3-8-21(26)2)19-27(32)30-25-11-5-4-10-24(25)28(33)29-18-22-9-7-17-36-22/h3-6,8,10-16,22H,7,9,17-19H2,1-2H3,(H,29,33)(H,30,32)/t22-/m1/s1. The Morgan fingerprint density at radius 1 is 0.973 bits per heavy atom. The molecule has 3 aromatic rings. The van der Waals surface area contributed by atoms with Crippen LogP contribution in [0.1, 0.15) is 34.3 Å². The van der Waals surface area contributed by atoms with E-state index < -0.39 is 22.5 Å². The highest BCUT2D eigenvalue weighted by atomic mass is 32.2. The summed E-state index contributed by atoms with van der Waals surface area (Å²) in [4.78, 5) is 26.1. The quantitative estimate of drug-likeness (QED) is 0.442. The molecule has 4 rings (SSSR count). The number of anilines is 2. The van der Waals surface area contributed by atoms with E-state index in [0.717, 1.165) is 22.7 Å². The Kier molecular flexibility index (Phi) is 8.25. The Hall–Kier alpha value is -3.69. The molecule has 2 amide bonds. The second kappa shape index (κ2) is 11.6. The number of aryl methyl sites for hydroxylation is 2. The lowest BCUT2D eigenvalue weighted by Gasteiger charge is -2.26. The maximum atomic E-state index is 13.6. The van der Waals surface area contributed by atoms with Crippen molar-refractivity contribution in [2.45, 2.75) is 37.7 Å². The number of hydrogen-bond donors (Lipinski definition) is 2. The SMILES string of the molecule is Cc1ccc(S(=O)(=O)N(CC(=O)Nc2ccccc2C(=O)NC[C@H]2CCCO2)c2ccccc2C)cc1. The lowest BCUT2D eigenvalue weighted by molar-refractivity contribution is -0.114. The Morgan fingerprint density at radius 2 is 1.68 bits per heavy atom. The van der Waals surface area contributed by atoms with Gasteiger partial charge in [-0.1, -0.05) is 48.0 Å². The third-order valence-corrected chi connectivity index (χ3v) is 8.01. The second-order valence-electron chi connectivity index (χ2n) is 9.05. The Labute approximate surface area is 217 Å². The monoisotopic (exact) mass is 521 g/mol. The van der Waals surface area contributed by atoms with Crippen molar-refractivity contribution in [3.8, 4) is 0 Å². The van der Waals surface area contributed by atoms with Crippen molar-refractivity contribution in [2.24, 2.45) is 0 Å². The first-order valence-corrected chi connectivity index (χ1v) is 13.6. The van der Waals surface area contributed by atoms with Crippen molar-refractivity contribution in [1.82, 2.24) is 5.32 Å². The molecule has 0 aromatic heterocycles. The van der Waals surface area contributed by atoms with Gasteiger partial charge in [-0.15, -0.1) is 0 Å². The van der Waals surface area contributed by atoms with Gasteiger partial charge in [-0.3, -0.25) is 13.9 Å². The summed E-state index contributed by atoms with van der Waals surface area (Å²) in [5.74, 6) is -0.909. The molecule has 3 aromatic carbocycles. The molecular weight excluding hydrogens is 490 g/mol. The van der Waals surface area contributed by atoms with E-state index in [9.17, 15) is 18.0 Å². The Morgan fingerprint density at radius 3 is 2.38 bits per heavy atom. The Balaban J connectivity index is 1.56. The van der Waals surface area contributed by atoms with Gasteiger partial charge in [0.2, 0.25) is 5.91 Å². The molecule has 0 spiro atoms. The van der Waals surface area contributed by atoms with Gasteiger partial charge >= 0.3 is 0 Å². The molecule has 9 heteroatoms. The van der Waals surface area contributed by atoms with Gasteiger partial charge in [0.15, 0.2) is 0 Å². The van der Waals surface area contributed by atoms with Gasteiger partial charge < -0.3 is 15.4 Å². The molecule has 0 saturated carbocycles. The first-order chi connectivity index (χ1) is 17.8. The molecule has 8 nitrogen and oxygen atoms in total. The predicted molar refractivity (Wildman–Crippen MR) is 143 cm³/mol. The molecule has 0 aliphatic carbocycles. The van der Waals surface area contributed by atoms with E-state index in [0.29, 0.717) is 30.1 Å². The molecular formula is C28H31N3O5S. The van der Waals surface area contributed by atoms with Gasteiger partial charge in [0.25, 0.3) is 15.9 Å². The molecule has 1 aliphatic heterocycles. The van der Waals surface area contributed by atoms with E-state index in [1.54, 1.807) is 67.6 Å². The number of carbonyl (C=O) groups excluding carboxylic acids is 2. The number of ether oxygens (including phenoxy) is 1. The van der Waals surface area contributed by atoms with Crippen LogP contribution in [0.2, 0.25) is 0 Å². The van der Waals surface area contributed by atoms with Crippen molar-refractivity contribution in [1.29, 1.82) is 0 Å². The van der Waals surface area contributed by atoms with Crippen molar-refractivity contribution in [3.63, 3.8) is 0 Å². The highest BCUT2D eigenvalue weighted by molar-refractivity contribution is 7.92. The van der Waals surface area contributed by atoms with Gasteiger partial charge in [0.05, 0.1) is 27.9 Å². The van der Waals surface area contributed by atoms with Crippen LogP contribution in [0.4, 0.5) is 11.4 Å². The van der Waals surface area contributed by atoms with Crippen LogP contribution < -0.4 is 14.9 Å². The van der Waals surface area contributed by atoms with E-state index in [1.165, 1.54) is 12.1 Å². The molecule has 0 bridgehead atoms. The molecule has 1 saturated heterocycles. The molecule has 1 heterocycles. The summed E-state index contributed by atoms with van der Waals surface area (Å²) < 4.78 is 33.9. The lowest BCUT2D eigenvalue weighted by Crippen LogP contribution is -2.39. The molecule has 0 unspecified atom stereocenters. The van der Waals surface area contributed by atoms with Crippen LogP contribution in [-0.4, -0.2) is 46.0 Å². The van der Waals surface area contributed by atoms with Crippen LogP contribution in [0.3, 0.4) is 0 Å². The normalized spacial score (nSPS) is 15.2. The fourth-order valence-corrected chi connectivity index (χ4v) is 5.68. The summed E-state index contributed by atoms with van der Waals surface area (Å²) >= 11 is 0. The van der Waals surface area contributed by atoms with Crippen LogP contribution in [0.5, 0.6) is 0 Å². The predicted octanol–water partition coefficient (Wildman–Crippen LogP) is 4.05. The van der Waals surface area contributed by atoms with Crippen LogP contribution in [0.25, 0.3) is 0 Å². The molecule has 1 aliphatic rings.